The number of hydrogen-bond donors (Lipinski definition) is 0. The predicted molar refractivity (Wildman–Crippen MR) is 48.0 cm³/mol. The monoisotopic (exact) mass is 185 g/mol. The second-order valence-electron chi connectivity index (χ2n) is 5.03. The molecule has 1 aliphatic heterocycles. The maximum atomic E-state index is 12.6. The van der Waals surface area contributed by atoms with E-state index in [1.54, 1.807) is 0 Å². The second kappa shape index (κ2) is 2.69. The van der Waals surface area contributed by atoms with Gasteiger partial charge in [-0.2, -0.15) is 0 Å². The fraction of sp³-hybridized carbons (Fsp3) is 0.900. The Balaban J connectivity index is 1.93. The van der Waals surface area contributed by atoms with E-state index in [9.17, 15) is 9.18 Å². The molecule has 0 bridgehead atoms. The molecule has 0 spiro atoms. The molecule has 1 saturated carbocycles. The van der Waals surface area contributed by atoms with E-state index in [-0.39, 0.29) is 17.2 Å². The third-order valence-electron chi connectivity index (χ3n) is 3.02. The molecule has 1 aliphatic carbocycles. The van der Waals surface area contributed by atoms with Gasteiger partial charge in [-0.15, -0.1) is 0 Å². The molecule has 1 saturated heterocycles. The van der Waals surface area contributed by atoms with Gasteiger partial charge in [0.15, 0.2) is 0 Å². The van der Waals surface area contributed by atoms with Crippen molar-refractivity contribution in [3.8, 4) is 0 Å². The maximum absolute atomic E-state index is 12.6. The lowest BCUT2D eigenvalue weighted by Gasteiger charge is -2.19. The van der Waals surface area contributed by atoms with E-state index in [1.807, 2.05) is 4.90 Å². The van der Waals surface area contributed by atoms with Gasteiger partial charge in [-0.05, 0) is 18.3 Å². The van der Waals surface area contributed by atoms with Crippen molar-refractivity contribution in [2.45, 2.75) is 32.9 Å². The van der Waals surface area contributed by atoms with Crippen LogP contribution in [0.3, 0.4) is 0 Å². The quantitative estimate of drug-likeness (QED) is 0.607. The van der Waals surface area contributed by atoms with E-state index in [0.717, 1.165) is 19.5 Å². The lowest BCUT2D eigenvalue weighted by Crippen LogP contribution is -2.32. The number of amides is 1. The van der Waals surface area contributed by atoms with E-state index in [2.05, 4.69) is 13.8 Å². The van der Waals surface area contributed by atoms with Crippen molar-refractivity contribution < 1.29 is 9.18 Å². The molecule has 74 valence electrons. The zero-order valence-electron chi connectivity index (χ0n) is 8.22. The van der Waals surface area contributed by atoms with Crippen molar-refractivity contribution >= 4 is 5.91 Å². The van der Waals surface area contributed by atoms with Crippen LogP contribution in [0.2, 0.25) is 0 Å². The number of likely N-dealkylation sites (tertiary alicyclic amines) is 1. The number of carbonyl (C=O) groups is 1. The van der Waals surface area contributed by atoms with Crippen LogP contribution < -0.4 is 0 Å². The molecule has 3 heteroatoms. The molecular formula is C10H16FNO. The van der Waals surface area contributed by atoms with Gasteiger partial charge in [-0.1, -0.05) is 13.8 Å². The number of carbonyl (C=O) groups excluding carboxylic acids is 1. The lowest BCUT2D eigenvalue weighted by atomic mass is 9.93. The highest BCUT2D eigenvalue weighted by atomic mass is 19.1. The molecule has 2 aliphatic rings. The molecule has 2 atom stereocenters. The molecule has 13 heavy (non-hydrogen) atoms. The van der Waals surface area contributed by atoms with Crippen LogP contribution in [0.5, 0.6) is 0 Å². The Labute approximate surface area is 78.1 Å². The summed E-state index contributed by atoms with van der Waals surface area (Å²) in [5.74, 6) is -0.257. The van der Waals surface area contributed by atoms with Gasteiger partial charge in [0, 0.05) is 13.1 Å². The van der Waals surface area contributed by atoms with Crippen LogP contribution in [0.4, 0.5) is 4.39 Å². The first kappa shape index (κ1) is 8.97. The van der Waals surface area contributed by atoms with E-state index < -0.39 is 6.17 Å². The second-order valence-corrected chi connectivity index (χ2v) is 5.03. The van der Waals surface area contributed by atoms with Gasteiger partial charge in [0.25, 0.3) is 0 Å². The molecule has 0 aromatic carbocycles. The Kier molecular flexibility index (Phi) is 1.86. The van der Waals surface area contributed by atoms with Gasteiger partial charge in [0.05, 0.1) is 5.92 Å². The standard InChI is InChI=1S/C10H16FNO/c1-10(2)3-4-12(6-10)9(13)7-5-8(7)11/h7-8H,3-6H2,1-2H3/t7-,8+/m0/s1. The van der Waals surface area contributed by atoms with Crippen LogP contribution in [-0.4, -0.2) is 30.1 Å². The average Bonchev–Trinajstić information content (AvgIpc) is 2.64. The Morgan fingerprint density at radius 3 is 2.54 bits per heavy atom. The maximum Gasteiger partial charge on any atom is 0.228 e. The summed E-state index contributed by atoms with van der Waals surface area (Å²) in [6.45, 7) is 5.92. The first-order valence-electron chi connectivity index (χ1n) is 4.92. The predicted octanol–water partition coefficient (Wildman–Crippen LogP) is 1.60. The zero-order valence-corrected chi connectivity index (χ0v) is 8.22. The van der Waals surface area contributed by atoms with Gasteiger partial charge in [-0.25, -0.2) is 4.39 Å². The first-order chi connectivity index (χ1) is 5.99. The SMILES string of the molecule is CC1(C)CCN(C(=O)[C@H]2C[C@H]2F)C1. The van der Waals surface area contributed by atoms with E-state index in [1.165, 1.54) is 0 Å². The topological polar surface area (TPSA) is 20.3 Å². The summed E-state index contributed by atoms with van der Waals surface area (Å²) in [4.78, 5) is 13.4. The summed E-state index contributed by atoms with van der Waals surface area (Å²) in [6, 6.07) is 0. The largest absolute Gasteiger partial charge is 0.342 e. The minimum Gasteiger partial charge on any atom is -0.342 e. The molecule has 2 rings (SSSR count). The Morgan fingerprint density at radius 1 is 1.54 bits per heavy atom. The van der Waals surface area contributed by atoms with Crippen LogP contribution >= 0.6 is 0 Å². The average molecular weight is 185 g/mol. The Morgan fingerprint density at radius 2 is 2.15 bits per heavy atom. The van der Waals surface area contributed by atoms with Crippen LogP contribution in [0, 0.1) is 11.3 Å². The molecule has 2 nitrogen and oxygen atoms in total. The molecule has 1 heterocycles. The third kappa shape index (κ3) is 1.69. The Hall–Kier alpha value is -0.600. The van der Waals surface area contributed by atoms with Crippen molar-refractivity contribution in [3.63, 3.8) is 0 Å². The van der Waals surface area contributed by atoms with Gasteiger partial charge < -0.3 is 4.90 Å². The van der Waals surface area contributed by atoms with Crippen molar-refractivity contribution in [2.75, 3.05) is 13.1 Å². The van der Waals surface area contributed by atoms with E-state index in [0.29, 0.717) is 6.42 Å². The van der Waals surface area contributed by atoms with Crippen LogP contribution in [-0.2, 0) is 4.79 Å². The molecule has 0 radical (unpaired) electrons. The molecule has 2 fully saturated rings. The fourth-order valence-corrected chi connectivity index (χ4v) is 1.95. The summed E-state index contributed by atoms with van der Waals surface area (Å²) in [5.41, 5.74) is 0.232. The fourth-order valence-electron chi connectivity index (χ4n) is 1.95. The third-order valence-corrected chi connectivity index (χ3v) is 3.02. The van der Waals surface area contributed by atoms with Gasteiger partial charge in [0.2, 0.25) is 5.91 Å². The van der Waals surface area contributed by atoms with Gasteiger partial charge >= 0.3 is 0 Å². The number of alkyl halides is 1. The summed E-state index contributed by atoms with van der Waals surface area (Å²) in [7, 11) is 0. The van der Waals surface area contributed by atoms with E-state index in [4.69, 9.17) is 0 Å². The molecule has 0 N–H and O–H groups in total. The normalized spacial score (nSPS) is 36.4. The van der Waals surface area contributed by atoms with Crippen LogP contribution in [0.25, 0.3) is 0 Å². The number of rotatable bonds is 1. The highest BCUT2D eigenvalue weighted by molar-refractivity contribution is 5.82. The summed E-state index contributed by atoms with van der Waals surface area (Å²) < 4.78 is 12.6. The smallest absolute Gasteiger partial charge is 0.228 e. The first-order valence-corrected chi connectivity index (χ1v) is 4.92. The van der Waals surface area contributed by atoms with Gasteiger partial charge in [0.1, 0.15) is 6.17 Å². The van der Waals surface area contributed by atoms with E-state index >= 15 is 0 Å². The van der Waals surface area contributed by atoms with Crippen molar-refractivity contribution in [3.05, 3.63) is 0 Å². The summed E-state index contributed by atoms with van der Waals surface area (Å²) in [5, 5.41) is 0. The molecule has 0 aromatic heterocycles. The lowest BCUT2D eigenvalue weighted by molar-refractivity contribution is -0.132. The molecule has 0 aromatic rings. The molecule has 0 unspecified atom stereocenters. The Bertz CT molecular complexity index is 239. The number of hydrogen-bond acceptors (Lipinski definition) is 1. The minimum atomic E-state index is -0.851. The van der Waals surface area contributed by atoms with Crippen LogP contribution in [0.1, 0.15) is 26.7 Å². The van der Waals surface area contributed by atoms with Gasteiger partial charge in [-0.3, -0.25) is 4.79 Å². The summed E-state index contributed by atoms with van der Waals surface area (Å²) >= 11 is 0. The highest BCUT2D eigenvalue weighted by Crippen LogP contribution is 2.38. The molecular weight excluding hydrogens is 169 g/mol. The zero-order chi connectivity index (χ0) is 9.64. The highest BCUT2D eigenvalue weighted by Gasteiger charge is 2.47. The number of nitrogens with zero attached hydrogens (tertiary/aromatic N) is 1. The van der Waals surface area contributed by atoms with Crippen molar-refractivity contribution in [2.24, 2.45) is 11.3 Å². The molecule has 1 amide bonds. The minimum absolute atomic E-state index is 0.0399. The van der Waals surface area contributed by atoms with Crippen LogP contribution in [0.15, 0.2) is 0 Å². The van der Waals surface area contributed by atoms with Crippen molar-refractivity contribution in [1.29, 1.82) is 0 Å². The number of halogens is 1. The summed E-state index contributed by atoms with van der Waals surface area (Å²) in [6.07, 6.45) is 0.647. The van der Waals surface area contributed by atoms with Crippen molar-refractivity contribution in [1.82, 2.24) is 4.90 Å².